The predicted octanol–water partition coefficient (Wildman–Crippen LogP) is 1.05. The topological polar surface area (TPSA) is 50.5 Å². The lowest BCUT2D eigenvalue weighted by molar-refractivity contribution is -0.0992. The number of morpholine rings is 1. The zero-order chi connectivity index (χ0) is 13.1. The smallest absolute Gasteiger partial charge is 0.140 e. The van der Waals surface area contributed by atoms with Gasteiger partial charge in [0.25, 0.3) is 0 Å². The Bertz CT molecular complexity index is 378. The summed E-state index contributed by atoms with van der Waals surface area (Å²) in [5.74, 6) is 0.702. The second-order valence-electron chi connectivity index (χ2n) is 5.01. The summed E-state index contributed by atoms with van der Waals surface area (Å²) in [6, 6.07) is 0.481. The van der Waals surface area contributed by atoms with E-state index in [1.54, 1.807) is 6.20 Å². The number of ether oxygens (including phenoxy) is 1. The van der Waals surface area contributed by atoms with Crippen LogP contribution in [0.25, 0.3) is 0 Å². The Labute approximate surface area is 108 Å². The van der Waals surface area contributed by atoms with Crippen molar-refractivity contribution in [3.05, 3.63) is 18.2 Å². The number of nitrogens with zero attached hydrogens (tertiary/aromatic N) is 3. The van der Waals surface area contributed by atoms with Crippen molar-refractivity contribution in [2.45, 2.75) is 45.6 Å². The van der Waals surface area contributed by atoms with E-state index in [0.29, 0.717) is 18.5 Å². The molecule has 0 saturated carbocycles. The molecule has 2 rings (SSSR count). The summed E-state index contributed by atoms with van der Waals surface area (Å²) < 4.78 is 7.66. The number of aryl methyl sites for hydroxylation is 1. The quantitative estimate of drug-likeness (QED) is 0.871. The lowest BCUT2D eigenvalue weighted by Crippen LogP contribution is -2.48. The van der Waals surface area contributed by atoms with Gasteiger partial charge in [-0.3, -0.25) is 4.90 Å². The molecule has 0 aliphatic carbocycles. The average molecular weight is 253 g/mol. The van der Waals surface area contributed by atoms with Crippen LogP contribution in [0.1, 0.15) is 32.7 Å². The lowest BCUT2D eigenvalue weighted by Gasteiger charge is -2.37. The Morgan fingerprint density at radius 2 is 2.33 bits per heavy atom. The van der Waals surface area contributed by atoms with E-state index in [0.717, 1.165) is 19.6 Å². The Balaban J connectivity index is 2.06. The molecule has 0 aromatic carbocycles. The first-order valence-electron chi connectivity index (χ1n) is 6.68. The largest absolute Gasteiger partial charge is 0.382 e. The summed E-state index contributed by atoms with van der Waals surface area (Å²) in [5, 5.41) is 10.4. The highest BCUT2D eigenvalue weighted by Gasteiger charge is 2.31. The van der Waals surface area contributed by atoms with Crippen molar-refractivity contribution >= 4 is 0 Å². The molecule has 0 bridgehead atoms. The highest BCUT2D eigenvalue weighted by molar-refractivity contribution is 5.00. The van der Waals surface area contributed by atoms with Crippen molar-refractivity contribution in [1.29, 1.82) is 0 Å². The molecule has 1 fully saturated rings. The summed E-state index contributed by atoms with van der Waals surface area (Å²) in [4.78, 5) is 6.58. The number of hydrogen-bond donors (Lipinski definition) is 1. The van der Waals surface area contributed by atoms with Gasteiger partial charge in [-0.2, -0.15) is 0 Å². The maximum absolute atomic E-state index is 10.4. The first-order valence-corrected chi connectivity index (χ1v) is 6.68. The van der Waals surface area contributed by atoms with Gasteiger partial charge in [0.05, 0.1) is 6.61 Å². The molecule has 2 atom stereocenters. The van der Waals surface area contributed by atoms with Gasteiger partial charge in [0, 0.05) is 38.1 Å². The third-order valence-electron chi connectivity index (χ3n) is 3.56. The van der Waals surface area contributed by atoms with Gasteiger partial charge in [-0.15, -0.1) is 0 Å². The highest BCUT2D eigenvalue weighted by atomic mass is 16.5. The molecule has 0 amide bonds. The standard InChI is InChI=1S/C13H23N3O2/c1-4-15-6-5-14-13(15)12(17)11-9-16(10(2)3)7-8-18-11/h5-6,10-12,17H,4,7-9H2,1-3H3. The first kappa shape index (κ1) is 13.5. The molecule has 102 valence electrons. The Hall–Kier alpha value is -0.910. The van der Waals surface area contributed by atoms with Gasteiger partial charge >= 0.3 is 0 Å². The maximum Gasteiger partial charge on any atom is 0.140 e. The van der Waals surface area contributed by atoms with E-state index in [1.807, 2.05) is 17.7 Å². The molecule has 2 unspecified atom stereocenters. The summed E-state index contributed by atoms with van der Waals surface area (Å²) >= 11 is 0. The predicted molar refractivity (Wildman–Crippen MR) is 69.3 cm³/mol. The summed E-state index contributed by atoms with van der Waals surface area (Å²) in [7, 11) is 0. The molecule has 18 heavy (non-hydrogen) atoms. The fourth-order valence-electron chi connectivity index (χ4n) is 2.38. The number of aromatic nitrogens is 2. The molecule has 5 heteroatoms. The van der Waals surface area contributed by atoms with Gasteiger partial charge in [0.2, 0.25) is 0 Å². The molecule has 1 aliphatic heterocycles. The van der Waals surface area contributed by atoms with Crippen molar-refractivity contribution in [2.75, 3.05) is 19.7 Å². The van der Waals surface area contributed by atoms with Crippen molar-refractivity contribution in [3.8, 4) is 0 Å². The van der Waals surface area contributed by atoms with Gasteiger partial charge in [0.1, 0.15) is 18.0 Å². The van der Waals surface area contributed by atoms with Gasteiger partial charge in [0.15, 0.2) is 0 Å². The van der Waals surface area contributed by atoms with Crippen LogP contribution in [0.5, 0.6) is 0 Å². The third-order valence-corrected chi connectivity index (χ3v) is 3.56. The molecule has 1 N–H and O–H groups in total. The number of hydrogen-bond acceptors (Lipinski definition) is 4. The second-order valence-corrected chi connectivity index (χ2v) is 5.01. The van der Waals surface area contributed by atoms with Crippen LogP contribution in [0.3, 0.4) is 0 Å². The molecule has 1 saturated heterocycles. The fourth-order valence-corrected chi connectivity index (χ4v) is 2.38. The van der Waals surface area contributed by atoms with Gasteiger partial charge in [-0.1, -0.05) is 0 Å². The molecule has 5 nitrogen and oxygen atoms in total. The second kappa shape index (κ2) is 5.82. The minimum absolute atomic E-state index is 0.186. The number of aliphatic hydroxyl groups is 1. The lowest BCUT2D eigenvalue weighted by atomic mass is 10.1. The normalized spacial score (nSPS) is 23.5. The molecule has 0 radical (unpaired) electrons. The summed E-state index contributed by atoms with van der Waals surface area (Å²) in [6.45, 7) is 9.56. The van der Waals surface area contributed by atoms with Crippen molar-refractivity contribution in [1.82, 2.24) is 14.5 Å². The molecule has 2 heterocycles. The van der Waals surface area contributed by atoms with Crippen molar-refractivity contribution in [2.24, 2.45) is 0 Å². The molecule has 1 aliphatic rings. The van der Waals surface area contributed by atoms with E-state index in [1.165, 1.54) is 0 Å². The molecule has 0 spiro atoms. The Morgan fingerprint density at radius 3 is 3.00 bits per heavy atom. The van der Waals surface area contributed by atoms with E-state index >= 15 is 0 Å². The van der Waals surface area contributed by atoms with Crippen LogP contribution in [-0.2, 0) is 11.3 Å². The Morgan fingerprint density at radius 1 is 1.56 bits per heavy atom. The molecular weight excluding hydrogens is 230 g/mol. The van der Waals surface area contributed by atoms with E-state index in [9.17, 15) is 5.11 Å². The van der Waals surface area contributed by atoms with Gasteiger partial charge < -0.3 is 14.4 Å². The van der Waals surface area contributed by atoms with Gasteiger partial charge in [-0.25, -0.2) is 4.98 Å². The van der Waals surface area contributed by atoms with Crippen LogP contribution in [0.15, 0.2) is 12.4 Å². The summed E-state index contributed by atoms with van der Waals surface area (Å²) in [5.41, 5.74) is 0. The third kappa shape index (κ3) is 2.74. The maximum atomic E-state index is 10.4. The van der Waals surface area contributed by atoms with E-state index in [4.69, 9.17) is 4.74 Å². The minimum atomic E-state index is -0.651. The van der Waals surface area contributed by atoms with Crippen molar-refractivity contribution in [3.63, 3.8) is 0 Å². The molecule has 1 aromatic heterocycles. The van der Waals surface area contributed by atoms with Crippen LogP contribution < -0.4 is 0 Å². The van der Waals surface area contributed by atoms with Crippen LogP contribution in [0.2, 0.25) is 0 Å². The zero-order valence-corrected chi connectivity index (χ0v) is 11.4. The Kier molecular flexibility index (Phi) is 4.37. The van der Waals surface area contributed by atoms with Crippen LogP contribution in [0.4, 0.5) is 0 Å². The molecular formula is C13H23N3O2. The van der Waals surface area contributed by atoms with Crippen LogP contribution in [0, 0.1) is 0 Å². The number of rotatable bonds is 4. The number of imidazole rings is 1. The van der Waals surface area contributed by atoms with E-state index in [-0.39, 0.29) is 6.10 Å². The van der Waals surface area contributed by atoms with E-state index in [2.05, 4.69) is 23.7 Å². The highest BCUT2D eigenvalue weighted by Crippen LogP contribution is 2.22. The monoisotopic (exact) mass is 253 g/mol. The first-order chi connectivity index (χ1) is 8.63. The van der Waals surface area contributed by atoms with Crippen molar-refractivity contribution < 1.29 is 9.84 Å². The van der Waals surface area contributed by atoms with E-state index < -0.39 is 6.10 Å². The SMILES string of the molecule is CCn1ccnc1C(O)C1CN(C(C)C)CCO1. The van der Waals surface area contributed by atoms with Crippen LogP contribution >= 0.6 is 0 Å². The minimum Gasteiger partial charge on any atom is -0.382 e. The van der Waals surface area contributed by atoms with Crippen LogP contribution in [-0.4, -0.2) is 51.4 Å². The summed E-state index contributed by atoms with van der Waals surface area (Å²) in [6.07, 6.45) is 2.78. The number of aliphatic hydroxyl groups excluding tert-OH is 1. The fraction of sp³-hybridized carbons (Fsp3) is 0.769. The zero-order valence-electron chi connectivity index (χ0n) is 11.4. The molecule has 1 aromatic rings. The van der Waals surface area contributed by atoms with Gasteiger partial charge in [-0.05, 0) is 20.8 Å². The average Bonchev–Trinajstić information content (AvgIpc) is 2.86.